The van der Waals surface area contributed by atoms with Gasteiger partial charge in [0, 0.05) is 30.1 Å². The van der Waals surface area contributed by atoms with Crippen LogP contribution in [0.2, 0.25) is 0 Å². The fourth-order valence-electron chi connectivity index (χ4n) is 4.65. The minimum Gasteiger partial charge on any atom is -0.457 e. The number of rotatable bonds is 5. The molecule has 1 aromatic heterocycles. The number of benzene rings is 2. The predicted molar refractivity (Wildman–Crippen MR) is 116 cm³/mol. The van der Waals surface area contributed by atoms with E-state index >= 15 is 0 Å². The third-order valence-electron chi connectivity index (χ3n) is 6.14. The van der Waals surface area contributed by atoms with Gasteiger partial charge in [-0.2, -0.15) is 5.26 Å². The minimum atomic E-state index is -0.103. The van der Waals surface area contributed by atoms with Crippen LogP contribution in [0.1, 0.15) is 23.2 Å². The van der Waals surface area contributed by atoms with Gasteiger partial charge in [0.25, 0.3) is 5.91 Å². The molecular weight excluding hydrogens is 388 g/mol. The van der Waals surface area contributed by atoms with Crippen molar-refractivity contribution in [2.45, 2.75) is 24.9 Å². The van der Waals surface area contributed by atoms with Gasteiger partial charge in [0.05, 0.1) is 12.1 Å². The molecule has 0 spiro atoms. The molecule has 2 aliphatic rings. The Hall–Kier alpha value is -3.85. The highest BCUT2D eigenvalue weighted by atomic mass is 16.5. The average Bonchev–Trinajstić information content (AvgIpc) is 3.40. The highest BCUT2D eigenvalue weighted by Crippen LogP contribution is 2.37. The number of hydrogen-bond acceptors (Lipinski definition) is 5. The van der Waals surface area contributed by atoms with E-state index in [1.807, 2.05) is 60.7 Å². The van der Waals surface area contributed by atoms with Crippen LogP contribution in [0.15, 0.2) is 73.1 Å². The summed E-state index contributed by atoms with van der Waals surface area (Å²) in [6.45, 7) is 0.820. The smallest absolute Gasteiger partial charge is 0.251 e. The lowest BCUT2D eigenvalue weighted by Gasteiger charge is -2.29. The van der Waals surface area contributed by atoms with E-state index < -0.39 is 0 Å². The molecule has 5 rings (SSSR count). The third-order valence-corrected chi connectivity index (χ3v) is 6.14. The van der Waals surface area contributed by atoms with E-state index in [4.69, 9.17) is 4.74 Å². The summed E-state index contributed by atoms with van der Waals surface area (Å²) in [4.78, 5) is 18.8. The molecule has 1 N–H and O–H groups in total. The molecule has 1 aliphatic heterocycles. The molecule has 2 aromatic carbocycles. The zero-order valence-electron chi connectivity index (χ0n) is 16.9. The predicted octanol–water partition coefficient (Wildman–Crippen LogP) is 4.21. The Bertz CT molecular complexity index is 1120. The van der Waals surface area contributed by atoms with Gasteiger partial charge in [-0.15, -0.1) is 0 Å². The molecule has 2 fully saturated rings. The molecule has 154 valence electrons. The summed E-state index contributed by atoms with van der Waals surface area (Å²) in [6, 6.07) is 19.1. The number of amides is 1. The molecule has 3 unspecified atom stereocenters. The van der Waals surface area contributed by atoms with E-state index in [2.05, 4.69) is 16.5 Å². The van der Waals surface area contributed by atoms with Crippen LogP contribution in [0, 0.1) is 17.4 Å². The van der Waals surface area contributed by atoms with Crippen molar-refractivity contribution in [3.05, 3.63) is 78.6 Å². The molecule has 6 heteroatoms. The summed E-state index contributed by atoms with van der Waals surface area (Å²) in [7, 11) is 0. The van der Waals surface area contributed by atoms with Gasteiger partial charge in [0.15, 0.2) is 6.19 Å². The maximum Gasteiger partial charge on any atom is 0.251 e. The first kappa shape index (κ1) is 19.1. The van der Waals surface area contributed by atoms with Crippen LogP contribution in [0.5, 0.6) is 11.5 Å². The summed E-state index contributed by atoms with van der Waals surface area (Å²) in [5.74, 6) is 1.86. The summed E-state index contributed by atoms with van der Waals surface area (Å²) in [5, 5.41) is 12.4. The zero-order chi connectivity index (χ0) is 21.2. The minimum absolute atomic E-state index is 0.0368. The fraction of sp³-hybridized carbons (Fsp3) is 0.240. The molecule has 2 bridgehead atoms. The van der Waals surface area contributed by atoms with Crippen molar-refractivity contribution >= 4 is 5.91 Å². The van der Waals surface area contributed by atoms with Gasteiger partial charge in [0.1, 0.15) is 11.5 Å². The lowest BCUT2D eigenvalue weighted by atomic mass is 10.0. The Labute approximate surface area is 181 Å². The summed E-state index contributed by atoms with van der Waals surface area (Å²) in [5.41, 5.74) is 2.38. The van der Waals surface area contributed by atoms with Crippen LogP contribution in [-0.2, 0) is 0 Å². The first-order valence-corrected chi connectivity index (χ1v) is 10.5. The number of carbonyl (C=O) groups is 1. The highest BCUT2D eigenvalue weighted by molar-refractivity contribution is 5.95. The molecule has 31 heavy (non-hydrogen) atoms. The molecule has 6 nitrogen and oxygen atoms in total. The van der Waals surface area contributed by atoms with E-state index in [1.165, 1.54) is 0 Å². The molecule has 0 radical (unpaired) electrons. The van der Waals surface area contributed by atoms with Crippen LogP contribution in [-0.4, -0.2) is 34.4 Å². The Balaban J connectivity index is 1.31. The number of aromatic nitrogens is 1. The molecule has 2 heterocycles. The number of carbonyl (C=O) groups excluding carboxylic acids is 1. The van der Waals surface area contributed by atoms with Gasteiger partial charge in [-0.1, -0.05) is 30.3 Å². The van der Waals surface area contributed by atoms with E-state index in [1.54, 1.807) is 17.3 Å². The molecule has 3 aromatic rings. The largest absolute Gasteiger partial charge is 0.457 e. The number of fused-ring (bicyclic) bond motifs is 2. The zero-order valence-corrected chi connectivity index (χ0v) is 16.9. The van der Waals surface area contributed by atoms with Gasteiger partial charge in [-0.05, 0) is 54.7 Å². The van der Waals surface area contributed by atoms with Crippen LogP contribution in [0.25, 0.3) is 11.1 Å². The Kier molecular flexibility index (Phi) is 5.01. The van der Waals surface area contributed by atoms with Crippen molar-refractivity contribution in [3.63, 3.8) is 0 Å². The third kappa shape index (κ3) is 3.82. The maximum absolute atomic E-state index is 12.8. The second kappa shape index (κ2) is 8.11. The fourth-order valence-corrected chi connectivity index (χ4v) is 4.65. The maximum atomic E-state index is 12.8. The summed E-state index contributed by atoms with van der Waals surface area (Å²) >= 11 is 0. The number of nitrogens with zero attached hydrogens (tertiary/aromatic N) is 3. The van der Waals surface area contributed by atoms with Crippen LogP contribution in [0.4, 0.5) is 0 Å². The SMILES string of the molecule is N#CN1CC2CC(NC(=O)c3ccc(-c4cnccc4Oc4ccccc4)cc3)C1C2. The number of hydrogen-bond donors (Lipinski definition) is 1. The van der Waals surface area contributed by atoms with Gasteiger partial charge in [0.2, 0.25) is 0 Å². The summed E-state index contributed by atoms with van der Waals surface area (Å²) < 4.78 is 6.03. The Morgan fingerprint density at radius 2 is 1.90 bits per heavy atom. The van der Waals surface area contributed by atoms with Gasteiger partial charge < -0.3 is 15.0 Å². The second-order valence-corrected chi connectivity index (χ2v) is 8.10. The van der Waals surface area contributed by atoms with Crippen molar-refractivity contribution in [1.29, 1.82) is 5.26 Å². The van der Waals surface area contributed by atoms with Crippen molar-refractivity contribution in [2.24, 2.45) is 5.92 Å². The second-order valence-electron chi connectivity index (χ2n) is 8.10. The average molecular weight is 410 g/mol. The van der Waals surface area contributed by atoms with Gasteiger partial charge >= 0.3 is 0 Å². The molecule has 1 saturated carbocycles. The topological polar surface area (TPSA) is 78.3 Å². The van der Waals surface area contributed by atoms with Crippen molar-refractivity contribution in [3.8, 4) is 28.8 Å². The number of piperidine rings is 1. The number of likely N-dealkylation sites (tertiary alicyclic amines) is 1. The van der Waals surface area contributed by atoms with E-state index in [0.717, 1.165) is 36.3 Å². The van der Waals surface area contributed by atoms with Crippen LogP contribution < -0.4 is 10.1 Å². The number of nitrogens with one attached hydrogen (secondary N) is 1. The first-order chi connectivity index (χ1) is 15.2. The van der Waals surface area contributed by atoms with Crippen molar-refractivity contribution < 1.29 is 9.53 Å². The lowest BCUT2D eigenvalue weighted by Crippen LogP contribution is -2.48. The highest BCUT2D eigenvalue weighted by Gasteiger charge is 2.45. The van der Waals surface area contributed by atoms with E-state index in [0.29, 0.717) is 17.2 Å². The number of para-hydroxylation sites is 1. The standard InChI is InChI=1S/C25H22N4O2/c26-16-29-15-17-12-22(23(29)13-17)28-25(30)19-8-6-18(7-9-19)21-14-27-11-10-24(21)31-20-4-2-1-3-5-20/h1-11,14,17,22-23H,12-13,15H2,(H,28,30). The number of nitriles is 1. The first-order valence-electron chi connectivity index (χ1n) is 10.5. The van der Waals surface area contributed by atoms with Gasteiger partial charge in [-0.3, -0.25) is 9.78 Å². The molecule has 1 amide bonds. The lowest BCUT2D eigenvalue weighted by molar-refractivity contribution is 0.0912. The molecule has 3 atom stereocenters. The molecule has 1 saturated heterocycles. The molecule has 1 aliphatic carbocycles. The number of pyridine rings is 1. The van der Waals surface area contributed by atoms with E-state index in [-0.39, 0.29) is 18.0 Å². The van der Waals surface area contributed by atoms with Crippen LogP contribution >= 0.6 is 0 Å². The monoisotopic (exact) mass is 410 g/mol. The Morgan fingerprint density at radius 3 is 2.65 bits per heavy atom. The summed E-state index contributed by atoms with van der Waals surface area (Å²) in [6.07, 6.45) is 7.65. The normalized spacial score (nSPS) is 21.5. The molecular formula is C25H22N4O2. The Morgan fingerprint density at radius 1 is 1.10 bits per heavy atom. The van der Waals surface area contributed by atoms with Crippen molar-refractivity contribution in [2.75, 3.05) is 6.54 Å². The quantitative estimate of drug-likeness (QED) is 0.638. The van der Waals surface area contributed by atoms with Crippen molar-refractivity contribution in [1.82, 2.24) is 15.2 Å². The van der Waals surface area contributed by atoms with Crippen LogP contribution in [0.3, 0.4) is 0 Å². The van der Waals surface area contributed by atoms with E-state index in [9.17, 15) is 10.1 Å². The van der Waals surface area contributed by atoms with Gasteiger partial charge in [-0.25, -0.2) is 0 Å². The number of ether oxygens (including phenoxy) is 1.